The molecule has 6 heteroatoms. The summed E-state index contributed by atoms with van der Waals surface area (Å²) in [5, 5.41) is 0. The summed E-state index contributed by atoms with van der Waals surface area (Å²) in [6.07, 6.45) is 2.66. The van der Waals surface area contributed by atoms with Crippen molar-refractivity contribution in [3.05, 3.63) is 0 Å². The van der Waals surface area contributed by atoms with Crippen LogP contribution in [-0.4, -0.2) is 16.1 Å². The molecule has 0 aromatic rings. The minimum atomic E-state index is -4.34. The molecule has 0 aliphatic heterocycles. The van der Waals surface area contributed by atoms with Gasteiger partial charge in [0.1, 0.15) is 0 Å². The molecule has 0 rings (SSSR count). The highest BCUT2D eigenvalue weighted by Crippen LogP contribution is 2.56. The molecule has 0 spiro atoms. The molecular formula is CH4O4P2. The van der Waals surface area contributed by atoms with Crippen molar-refractivity contribution < 1.29 is 19.2 Å². The van der Waals surface area contributed by atoms with Crippen LogP contribution in [0.4, 0.5) is 0 Å². The van der Waals surface area contributed by atoms with E-state index in [9.17, 15) is 9.46 Å². The van der Waals surface area contributed by atoms with Crippen LogP contribution in [0.15, 0.2) is 0 Å². The summed E-state index contributed by atoms with van der Waals surface area (Å²) in [4.78, 5) is 25.5. The maximum absolute atomic E-state index is 9.74. The normalized spacial score (nSPS) is 13.9. The van der Waals surface area contributed by atoms with E-state index in [1.807, 2.05) is 0 Å². The summed E-state index contributed by atoms with van der Waals surface area (Å²) in [6, 6.07) is 0. The predicted octanol–water partition coefficient (Wildman–Crippen LogP) is -0.732. The Bertz CT molecular complexity index is 122. The highest BCUT2D eigenvalue weighted by Gasteiger charge is 2.21. The van der Waals surface area contributed by atoms with Crippen molar-refractivity contribution in [3.63, 3.8) is 0 Å². The fourth-order valence-electron chi connectivity index (χ4n) is 0. The van der Waals surface area contributed by atoms with Crippen molar-refractivity contribution in [2.75, 3.05) is 0 Å². The molecule has 0 saturated heterocycles. The molecule has 1 atom stereocenters. The molecular weight excluding hydrogens is 138 g/mol. The Morgan fingerprint density at radius 2 is 1.86 bits per heavy atom. The van der Waals surface area contributed by atoms with E-state index < -0.39 is 14.7 Å². The summed E-state index contributed by atoms with van der Waals surface area (Å²) in [7, 11) is -6.91. The molecule has 4 nitrogen and oxygen atoms in total. The van der Waals surface area contributed by atoms with Crippen LogP contribution >= 0.6 is 14.7 Å². The van der Waals surface area contributed by atoms with Crippen molar-refractivity contribution in [1.82, 2.24) is 0 Å². The fraction of sp³-hybridized carbons (Fsp3) is 0. The molecule has 0 saturated carbocycles. The molecule has 0 heterocycles. The number of hydrogen-bond acceptors (Lipinski definition) is 2. The van der Waals surface area contributed by atoms with E-state index in [0.717, 1.165) is 0 Å². The molecule has 7 heavy (non-hydrogen) atoms. The smallest absolute Gasteiger partial charge is 0.517 e. The van der Waals surface area contributed by atoms with Crippen LogP contribution in [0.5, 0.6) is 0 Å². The zero-order valence-corrected chi connectivity index (χ0v) is 5.10. The van der Waals surface area contributed by atoms with Gasteiger partial charge in [-0.1, -0.05) is 0 Å². The highest BCUT2D eigenvalue weighted by atomic mass is 32.1. The lowest BCUT2D eigenvalue weighted by atomic mass is 12.0. The summed E-state index contributed by atoms with van der Waals surface area (Å²) < 4.78 is 9.68. The summed E-state index contributed by atoms with van der Waals surface area (Å²) in [5.74, 6) is 0. The van der Waals surface area contributed by atoms with Gasteiger partial charge in [-0.15, -0.1) is 0 Å². The molecule has 2 N–H and O–H groups in total. The third-order valence-electron chi connectivity index (χ3n) is 0.291. The van der Waals surface area contributed by atoms with Gasteiger partial charge in [-0.25, -0.2) is 4.57 Å². The van der Waals surface area contributed by atoms with E-state index in [2.05, 4.69) is 6.30 Å². The highest BCUT2D eigenvalue weighted by molar-refractivity contribution is 8.23. The predicted molar refractivity (Wildman–Crippen MR) is 26.1 cm³/mol. The van der Waals surface area contributed by atoms with Crippen molar-refractivity contribution in [2.45, 2.75) is 0 Å². The summed E-state index contributed by atoms with van der Waals surface area (Å²) in [5.41, 5.74) is 0. The van der Waals surface area contributed by atoms with Crippen LogP contribution in [0, 0.1) is 0 Å². The van der Waals surface area contributed by atoms with E-state index in [-0.39, 0.29) is 0 Å². The Morgan fingerprint density at radius 3 is 1.86 bits per heavy atom. The Labute approximate surface area is 41.3 Å². The number of hydrogen-bond donors (Lipinski definition) is 2. The average molecular weight is 142 g/mol. The molecule has 0 amide bonds. The molecule has 0 radical (unpaired) electrons. The van der Waals surface area contributed by atoms with Gasteiger partial charge in [0, 0.05) is 0 Å². The summed E-state index contributed by atoms with van der Waals surface area (Å²) >= 11 is 0. The second-order valence-corrected chi connectivity index (χ2v) is 5.50. The fourth-order valence-corrected chi connectivity index (χ4v) is 0. The minimum absolute atomic E-state index is 2.57. The van der Waals surface area contributed by atoms with Gasteiger partial charge >= 0.3 is 7.28 Å². The van der Waals surface area contributed by atoms with Gasteiger partial charge in [0.25, 0.3) is 0 Å². The first-order valence-electron chi connectivity index (χ1n) is 1.28. The van der Waals surface area contributed by atoms with Gasteiger partial charge in [0.05, 0.1) is 6.30 Å². The lowest BCUT2D eigenvalue weighted by Crippen LogP contribution is -1.85. The maximum Gasteiger partial charge on any atom is 0.517 e. The van der Waals surface area contributed by atoms with Gasteiger partial charge in [-0.2, -0.15) is 0 Å². The van der Waals surface area contributed by atoms with Crippen molar-refractivity contribution >= 4 is 21.0 Å². The SMILES string of the molecule is C=[P+]([O-])P(=O)(O)O. The first-order chi connectivity index (χ1) is 2.94. The maximum atomic E-state index is 9.74. The number of rotatable bonds is 1. The molecule has 0 aliphatic carbocycles. The van der Waals surface area contributed by atoms with E-state index in [0.29, 0.717) is 0 Å². The van der Waals surface area contributed by atoms with E-state index in [1.165, 1.54) is 0 Å². The minimum Gasteiger partial charge on any atom is -0.623 e. The molecule has 1 unspecified atom stereocenters. The van der Waals surface area contributed by atoms with Gasteiger partial charge < -0.3 is 4.89 Å². The molecule has 0 aromatic heterocycles. The van der Waals surface area contributed by atoms with Crippen molar-refractivity contribution in [1.29, 1.82) is 0 Å². The van der Waals surface area contributed by atoms with E-state index in [1.54, 1.807) is 0 Å². The zero-order valence-electron chi connectivity index (χ0n) is 3.31. The lowest BCUT2D eigenvalue weighted by Gasteiger charge is -1.93. The standard InChI is InChI=1S/CH4O4P2/c1-6(2)7(3,4)5/h1H2,(H2,3,4,5). The van der Waals surface area contributed by atoms with Crippen LogP contribution < -0.4 is 4.89 Å². The lowest BCUT2D eigenvalue weighted by molar-refractivity contribution is -0.148. The van der Waals surface area contributed by atoms with Crippen molar-refractivity contribution in [3.8, 4) is 0 Å². The molecule has 0 aromatic carbocycles. The molecule has 42 valence electrons. The third-order valence-corrected chi connectivity index (χ3v) is 2.62. The summed E-state index contributed by atoms with van der Waals surface area (Å²) in [6.45, 7) is 0. The van der Waals surface area contributed by atoms with Crippen LogP contribution in [0.2, 0.25) is 0 Å². The Hall–Kier alpha value is 0.280. The third kappa shape index (κ3) is 2.92. The van der Waals surface area contributed by atoms with Crippen LogP contribution in [0.1, 0.15) is 0 Å². The van der Waals surface area contributed by atoms with Crippen LogP contribution in [0.3, 0.4) is 0 Å². The van der Waals surface area contributed by atoms with E-state index in [4.69, 9.17) is 9.79 Å². The first-order valence-corrected chi connectivity index (χ1v) is 5.04. The quantitative estimate of drug-likeness (QED) is 0.473. The van der Waals surface area contributed by atoms with Gasteiger partial charge in [0.15, 0.2) is 7.46 Å². The van der Waals surface area contributed by atoms with Gasteiger partial charge in [0.2, 0.25) is 0 Å². The van der Waals surface area contributed by atoms with Gasteiger partial charge in [-0.3, -0.25) is 9.79 Å². The first kappa shape index (κ1) is 7.28. The van der Waals surface area contributed by atoms with Crippen LogP contribution in [-0.2, 0) is 4.57 Å². The molecule has 0 fully saturated rings. The monoisotopic (exact) mass is 142 g/mol. The zero-order chi connectivity index (χ0) is 6.08. The second-order valence-electron chi connectivity index (χ2n) is 0.865. The van der Waals surface area contributed by atoms with Crippen molar-refractivity contribution in [2.24, 2.45) is 0 Å². The van der Waals surface area contributed by atoms with Gasteiger partial charge in [-0.05, 0) is 0 Å². The Balaban J connectivity index is 4.09. The van der Waals surface area contributed by atoms with E-state index >= 15 is 0 Å². The Kier molecular flexibility index (Phi) is 2.11. The molecule has 0 bridgehead atoms. The largest absolute Gasteiger partial charge is 0.623 e. The average Bonchev–Trinajstić information content (AvgIpc) is 1.31. The molecule has 0 aliphatic rings. The topological polar surface area (TPSA) is 80.6 Å². The Morgan fingerprint density at radius 1 is 1.71 bits per heavy atom. The second kappa shape index (κ2) is 2.03. The van der Waals surface area contributed by atoms with Crippen LogP contribution in [0.25, 0.3) is 0 Å².